The lowest BCUT2D eigenvalue weighted by molar-refractivity contribution is -0.192. The van der Waals surface area contributed by atoms with Crippen molar-refractivity contribution in [1.82, 2.24) is 24.2 Å². The number of halogens is 6. The van der Waals surface area contributed by atoms with E-state index in [0.29, 0.717) is 23.4 Å². The van der Waals surface area contributed by atoms with Gasteiger partial charge < -0.3 is 25.0 Å². The van der Waals surface area contributed by atoms with Gasteiger partial charge in [-0.3, -0.25) is 14.5 Å². The first-order valence-corrected chi connectivity index (χ1v) is 16.6. The maximum atomic E-state index is 13.3. The molecule has 2 heterocycles. The van der Waals surface area contributed by atoms with Crippen LogP contribution >= 0.6 is 0 Å². The zero-order valence-electron chi connectivity index (χ0n) is 28.7. The molecule has 1 aliphatic rings. The minimum absolute atomic E-state index is 0.0999. The predicted molar refractivity (Wildman–Crippen MR) is 171 cm³/mol. The summed E-state index contributed by atoms with van der Waals surface area (Å²) in [6.45, 7) is 6.91. The smallest absolute Gasteiger partial charge is 0.490 e. The molecule has 3 aromatic rings. The van der Waals surface area contributed by atoms with E-state index in [0.717, 1.165) is 29.5 Å². The Kier molecular flexibility index (Phi) is 15.1. The molecular weight excluding hydrogens is 730 g/mol. The Morgan fingerprint density at radius 2 is 1.42 bits per heavy atom. The number of aryl methyl sites for hydroxylation is 2. The minimum atomic E-state index is -5.08. The number of nitrogens with zero attached hydrogens (tertiary/aromatic N) is 5. The van der Waals surface area contributed by atoms with Crippen LogP contribution in [0.3, 0.4) is 0 Å². The summed E-state index contributed by atoms with van der Waals surface area (Å²) in [5.74, 6) is -4.94. The predicted octanol–water partition coefficient (Wildman–Crippen LogP) is 4.05. The molecule has 0 saturated carbocycles. The Balaban J connectivity index is 0.000000564. The van der Waals surface area contributed by atoms with Gasteiger partial charge in [0.2, 0.25) is 10.0 Å². The Morgan fingerprint density at radius 3 is 1.87 bits per heavy atom. The van der Waals surface area contributed by atoms with Gasteiger partial charge in [0.25, 0.3) is 0 Å². The second-order valence-electron chi connectivity index (χ2n) is 11.5. The molecule has 0 atom stereocenters. The number of methoxy groups -OCH3 is 1. The van der Waals surface area contributed by atoms with E-state index in [9.17, 15) is 39.6 Å². The Bertz CT molecular complexity index is 1750. The number of carboxylic acid groups (broad SMARTS) is 1. The molecule has 0 aliphatic carbocycles. The van der Waals surface area contributed by atoms with E-state index in [2.05, 4.69) is 32.9 Å². The number of carboxylic acids is 1. The number of amides is 2. The number of carbonyl (C=O) groups excluding carboxylic acids is 2. The summed E-state index contributed by atoms with van der Waals surface area (Å²) in [5, 5.41) is 11.0. The van der Waals surface area contributed by atoms with Crippen LogP contribution in [0.5, 0.6) is 5.75 Å². The van der Waals surface area contributed by atoms with Gasteiger partial charge >= 0.3 is 36.0 Å². The van der Waals surface area contributed by atoms with Crippen LogP contribution in [0.15, 0.2) is 45.8 Å². The summed E-state index contributed by atoms with van der Waals surface area (Å²) in [6.07, 6.45) is -7.42. The van der Waals surface area contributed by atoms with E-state index in [1.807, 2.05) is 12.1 Å². The van der Waals surface area contributed by atoms with Crippen LogP contribution in [0.4, 0.5) is 26.3 Å². The molecule has 0 bridgehead atoms. The number of likely N-dealkylation sites (tertiary alicyclic amines) is 1. The topological polar surface area (TPSA) is 189 Å². The summed E-state index contributed by atoms with van der Waals surface area (Å²) in [4.78, 5) is 39.2. The van der Waals surface area contributed by atoms with Crippen molar-refractivity contribution in [3.63, 3.8) is 0 Å². The maximum absolute atomic E-state index is 13.3. The van der Waals surface area contributed by atoms with Crippen LogP contribution in [0.1, 0.15) is 51.6 Å². The van der Waals surface area contributed by atoms with Gasteiger partial charge in [-0.05, 0) is 74.2 Å². The zero-order chi connectivity index (χ0) is 39.6. The molecule has 0 unspecified atom stereocenters. The number of carbonyl (C=O) groups is 3. The number of sulfonamides is 1. The van der Waals surface area contributed by atoms with Crippen molar-refractivity contribution in [2.45, 2.75) is 63.6 Å². The van der Waals surface area contributed by atoms with E-state index in [4.69, 9.17) is 24.0 Å². The van der Waals surface area contributed by atoms with E-state index >= 15 is 0 Å². The van der Waals surface area contributed by atoms with Crippen LogP contribution < -0.4 is 10.5 Å². The number of rotatable bonds is 10. The van der Waals surface area contributed by atoms with Gasteiger partial charge in [0.15, 0.2) is 5.82 Å². The Morgan fingerprint density at radius 1 is 0.942 bits per heavy atom. The number of aromatic nitrogens is 2. The first-order valence-electron chi connectivity index (χ1n) is 15.1. The maximum Gasteiger partial charge on any atom is 0.490 e. The van der Waals surface area contributed by atoms with E-state index in [1.165, 1.54) is 37.5 Å². The molecule has 2 aromatic carbocycles. The highest BCUT2D eigenvalue weighted by atomic mass is 32.2. The standard InChI is InChI=1S/C27H35N5O5S.C2H2F3NO.C2HF3O2/c1-19-14-23(36-5)15-20(2)25(19)38(34,35)31(4)18-24-28-26(37-29-24)27(33)30(3)16-21-8-10-22(11-9-21)17-32-12-6-7-13-32;2*3-2(4,5)1(6)7/h8-11,14-15H,6-7,12-13,16-18H2,1-5H3;(H2,6,7);(H,6,7). The monoisotopic (exact) mass is 768 g/mol. The minimum Gasteiger partial charge on any atom is -0.497 e. The van der Waals surface area contributed by atoms with Gasteiger partial charge in [-0.2, -0.15) is 35.6 Å². The van der Waals surface area contributed by atoms with Crippen molar-refractivity contribution in [2.75, 3.05) is 34.3 Å². The van der Waals surface area contributed by atoms with E-state index in [-0.39, 0.29) is 23.2 Å². The normalized spacial score (nSPS) is 13.5. The molecule has 2 amide bonds. The lowest BCUT2D eigenvalue weighted by Gasteiger charge is -2.19. The molecule has 4 rings (SSSR count). The summed E-state index contributed by atoms with van der Waals surface area (Å²) >= 11 is 0. The van der Waals surface area contributed by atoms with Crippen molar-refractivity contribution in [3.8, 4) is 5.75 Å². The summed E-state index contributed by atoms with van der Waals surface area (Å²) in [6, 6.07) is 11.6. The number of hydrogen-bond acceptors (Lipinski definition) is 10. The highest BCUT2D eigenvalue weighted by Crippen LogP contribution is 2.28. The van der Waals surface area contributed by atoms with Gasteiger partial charge in [0.05, 0.1) is 18.6 Å². The Hall–Kier alpha value is -4.76. The molecule has 0 spiro atoms. The highest BCUT2D eigenvalue weighted by Gasteiger charge is 2.38. The van der Waals surface area contributed by atoms with E-state index < -0.39 is 40.2 Å². The summed E-state index contributed by atoms with van der Waals surface area (Å²) < 4.78 is 102. The molecule has 0 radical (unpaired) electrons. The quantitative estimate of drug-likeness (QED) is 0.283. The average molecular weight is 769 g/mol. The number of benzene rings is 2. The molecule has 1 aromatic heterocycles. The second kappa shape index (κ2) is 18.1. The van der Waals surface area contributed by atoms with Gasteiger partial charge in [-0.1, -0.05) is 29.4 Å². The first-order chi connectivity index (χ1) is 24.0. The fourth-order valence-corrected chi connectivity index (χ4v) is 6.27. The molecule has 14 nitrogen and oxygen atoms in total. The van der Waals surface area contributed by atoms with Crippen LogP contribution in [-0.4, -0.2) is 102 Å². The third-order valence-electron chi connectivity index (χ3n) is 7.27. The summed E-state index contributed by atoms with van der Waals surface area (Å²) in [5.41, 5.74) is 7.19. The average Bonchev–Trinajstić information content (AvgIpc) is 3.73. The molecule has 52 heavy (non-hydrogen) atoms. The van der Waals surface area contributed by atoms with Crippen molar-refractivity contribution in [1.29, 1.82) is 0 Å². The fourth-order valence-electron chi connectivity index (χ4n) is 4.74. The lowest BCUT2D eigenvalue weighted by Crippen LogP contribution is -2.30. The fraction of sp³-hybridized carbons (Fsp3) is 0.452. The van der Waals surface area contributed by atoms with Crippen LogP contribution in [0, 0.1) is 13.8 Å². The van der Waals surface area contributed by atoms with Crippen LogP contribution in [0.2, 0.25) is 0 Å². The van der Waals surface area contributed by atoms with Crippen LogP contribution in [-0.2, 0) is 39.2 Å². The van der Waals surface area contributed by atoms with Gasteiger partial charge in [0.1, 0.15) is 5.75 Å². The largest absolute Gasteiger partial charge is 0.497 e. The van der Waals surface area contributed by atoms with Crippen LogP contribution in [0.25, 0.3) is 0 Å². The van der Waals surface area contributed by atoms with Gasteiger partial charge in [-0.15, -0.1) is 0 Å². The Labute approximate surface area is 295 Å². The van der Waals surface area contributed by atoms with Crippen molar-refractivity contribution in [3.05, 3.63) is 70.4 Å². The second-order valence-corrected chi connectivity index (χ2v) is 13.5. The van der Waals surface area contributed by atoms with Gasteiger partial charge in [-0.25, -0.2) is 13.2 Å². The molecule has 3 N–H and O–H groups in total. The van der Waals surface area contributed by atoms with Crippen molar-refractivity contribution < 1.29 is 63.5 Å². The zero-order valence-corrected chi connectivity index (χ0v) is 29.5. The number of primary amides is 1. The highest BCUT2D eigenvalue weighted by molar-refractivity contribution is 7.89. The summed E-state index contributed by atoms with van der Waals surface area (Å²) in [7, 11) is 0.793. The SMILES string of the molecule is COc1cc(C)c(S(=O)(=O)N(C)Cc2noc(C(=O)N(C)Cc3ccc(CN4CCCC4)cc3)n2)c(C)c1.NC(=O)C(F)(F)F.O=C(O)C(F)(F)F. The number of nitrogens with two attached hydrogens (primary N) is 1. The third kappa shape index (κ3) is 12.8. The number of ether oxygens (including phenoxy) is 1. The number of alkyl halides is 6. The molecular formula is C31H38F6N6O8S. The number of aliphatic carboxylic acids is 1. The third-order valence-corrected chi connectivity index (χ3v) is 9.38. The molecule has 1 aliphatic heterocycles. The van der Waals surface area contributed by atoms with Crippen molar-refractivity contribution in [2.24, 2.45) is 5.73 Å². The molecule has 288 valence electrons. The van der Waals surface area contributed by atoms with Gasteiger partial charge in [0, 0.05) is 27.2 Å². The molecule has 1 saturated heterocycles. The lowest BCUT2D eigenvalue weighted by atomic mass is 10.1. The molecule has 21 heteroatoms. The van der Waals surface area contributed by atoms with Crippen molar-refractivity contribution >= 4 is 27.8 Å². The number of hydrogen-bond donors (Lipinski definition) is 2. The molecule has 1 fully saturated rings. The van der Waals surface area contributed by atoms with E-state index in [1.54, 1.807) is 33.0 Å². The first kappa shape index (κ1) is 43.4.